The maximum Gasteiger partial charge on any atom is 0.292 e. The molecule has 0 saturated carbocycles. The maximum absolute atomic E-state index is 12.3. The summed E-state index contributed by atoms with van der Waals surface area (Å²) in [5, 5.41) is 17.1. The highest BCUT2D eigenvalue weighted by atomic mass is 35.5. The Balaban J connectivity index is 0.00000288. The zero-order chi connectivity index (χ0) is 16.7. The van der Waals surface area contributed by atoms with Crippen LogP contribution in [0.1, 0.15) is 19.3 Å². The van der Waals surface area contributed by atoms with E-state index < -0.39 is 4.92 Å². The summed E-state index contributed by atoms with van der Waals surface area (Å²) in [6.07, 6.45) is 2.53. The molecule has 0 bridgehead atoms. The van der Waals surface area contributed by atoms with Crippen LogP contribution in [0.2, 0.25) is 0 Å². The Kier molecular flexibility index (Phi) is 8.49. The third kappa shape index (κ3) is 5.65. The molecule has 1 aliphatic heterocycles. The van der Waals surface area contributed by atoms with Crippen LogP contribution in [-0.2, 0) is 4.79 Å². The van der Waals surface area contributed by atoms with Gasteiger partial charge in [0.1, 0.15) is 5.69 Å². The monoisotopic (exact) mass is 356 g/mol. The molecule has 1 amide bonds. The van der Waals surface area contributed by atoms with Gasteiger partial charge in [0.2, 0.25) is 5.91 Å². The van der Waals surface area contributed by atoms with Crippen molar-refractivity contribution in [1.29, 1.82) is 0 Å². The molecule has 1 saturated heterocycles. The molecule has 1 aliphatic rings. The Morgan fingerprint density at radius 2 is 2.17 bits per heavy atom. The van der Waals surface area contributed by atoms with Crippen LogP contribution >= 0.6 is 12.4 Å². The van der Waals surface area contributed by atoms with Crippen molar-refractivity contribution < 1.29 is 9.72 Å². The number of anilines is 1. The number of hydrogen-bond donors (Lipinski definition) is 2. The van der Waals surface area contributed by atoms with Crippen LogP contribution < -0.4 is 10.6 Å². The Hall–Kier alpha value is -1.86. The van der Waals surface area contributed by atoms with Gasteiger partial charge in [-0.25, -0.2) is 0 Å². The summed E-state index contributed by atoms with van der Waals surface area (Å²) in [6.45, 7) is 2.94. The molecule has 2 N–H and O–H groups in total. The fourth-order valence-electron chi connectivity index (χ4n) is 2.99. The molecule has 134 valence electrons. The van der Waals surface area contributed by atoms with Crippen molar-refractivity contribution in [3.8, 4) is 0 Å². The summed E-state index contributed by atoms with van der Waals surface area (Å²) in [4.78, 5) is 24.7. The average Bonchev–Trinajstić information content (AvgIpc) is 2.55. The fourth-order valence-corrected chi connectivity index (χ4v) is 2.99. The van der Waals surface area contributed by atoms with Gasteiger partial charge in [-0.3, -0.25) is 14.9 Å². The highest BCUT2D eigenvalue weighted by Gasteiger charge is 2.23. The van der Waals surface area contributed by atoms with Crippen LogP contribution in [0.4, 0.5) is 11.4 Å². The fraction of sp³-hybridized carbons (Fsp3) is 0.562. The normalized spacial score (nSPS) is 17.0. The quantitative estimate of drug-likeness (QED) is 0.578. The zero-order valence-corrected chi connectivity index (χ0v) is 14.7. The topological polar surface area (TPSA) is 87.5 Å². The van der Waals surface area contributed by atoms with Crippen LogP contribution in [0.5, 0.6) is 0 Å². The van der Waals surface area contributed by atoms with Crippen LogP contribution in [-0.4, -0.2) is 49.0 Å². The summed E-state index contributed by atoms with van der Waals surface area (Å²) in [5.74, 6) is 0.623. The molecule has 1 aromatic carbocycles. The van der Waals surface area contributed by atoms with Gasteiger partial charge in [0.25, 0.3) is 5.69 Å². The van der Waals surface area contributed by atoms with Crippen LogP contribution in [0.3, 0.4) is 0 Å². The van der Waals surface area contributed by atoms with Crippen LogP contribution in [0.25, 0.3) is 0 Å². The number of nitrogens with zero attached hydrogens (tertiary/aromatic N) is 2. The van der Waals surface area contributed by atoms with Crippen molar-refractivity contribution in [2.75, 3.05) is 38.5 Å². The molecule has 7 nitrogen and oxygen atoms in total. The number of rotatable bonds is 7. The van der Waals surface area contributed by atoms with Crippen molar-refractivity contribution in [2.45, 2.75) is 19.3 Å². The number of carbonyl (C=O) groups excluding carboxylic acids is 1. The van der Waals surface area contributed by atoms with Gasteiger partial charge in [-0.15, -0.1) is 12.4 Å². The molecule has 8 heteroatoms. The van der Waals surface area contributed by atoms with E-state index in [1.165, 1.54) is 6.07 Å². The predicted octanol–water partition coefficient (Wildman–Crippen LogP) is 2.28. The summed E-state index contributed by atoms with van der Waals surface area (Å²) < 4.78 is 0. The first-order valence-electron chi connectivity index (χ1n) is 8.01. The average molecular weight is 357 g/mol. The standard InChI is InChI=1S/C16H24N4O3.ClH/c1-17-11-13-5-4-10-19(12-13)16(21)8-9-18-14-6-2-3-7-15(14)20(22)23;/h2-3,6-7,13,17-18H,4-5,8-12H2,1H3;1H. The van der Waals surface area contributed by atoms with Crippen molar-refractivity contribution in [1.82, 2.24) is 10.2 Å². The molecule has 1 heterocycles. The van der Waals surface area contributed by atoms with E-state index in [-0.39, 0.29) is 24.0 Å². The second-order valence-electron chi connectivity index (χ2n) is 5.86. The number of piperidine rings is 1. The second-order valence-corrected chi connectivity index (χ2v) is 5.86. The summed E-state index contributed by atoms with van der Waals surface area (Å²) in [7, 11) is 1.93. The molecule has 1 aromatic rings. The highest BCUT2D eigenvalue weighted by Crippen LogP contribution is 2.23. The van der Waals surface area contributed by atoms with Crippen molar-refractivity contribution in [3.63, 3.8) is 0 Å². The van der Waals surface area contributed by atoms with Crippen molar-refractivity contribution in [2.24, 2.45) is 5.92 Å². The smallest absolute Gasteiger partial charge is 0.292 e. The van der Waals surface area contributed by atoms with Gasteiger partial charge in [-0.1, -0.05) is 12.1 Å². The summed E-state index contributed by atoms with van der Waals surface area (Å²) >= 11 is 0. The molecule has 1 unspecified atom stereocenters. The minimum Gasteiger partial charge on any atom is -0.379 e. The molecule has 0 radical (unpaired) electrons. The SMILES string of the molecule is CNCC1CCCN(C(=O)CCNc2ccccc2[N+](=O)[O-])C1.Cl. The van der Waals surface area contributed by atoms with Crippen LogP contribution in [0.15, 0.2) is 24.3 Å². The van der Waals surface area contributed by atoms with Gasteiger partial charge in [0, 0.05) is 32.1 Å². The number of halogens is 1. The first-order valence-corrected chi connectivity index (χ1v) is 8.01. The number of amides is 1. The first kappa shape index (κ1) is 20.2. The van der Waals surface area contributed by atoms with Crippen molar-refractivity contribution >= 4 is 29.7 Å². The van der Waals surface area contributed by atoms with Gasteiger partial charge >= 0.3 is 0 Å². The molecule has 0 aromatic heterocycles. The summed E-state index contributed by atoms with van der Waals surface area (Å²) in [6, 6.07) is 6.48. The van der Waals surface area contributed by atoms with Gasteiger partial charge in [0.05, 0.1) is 4.92 Å². The minimum absolute atomic E-state index is 0. The van der Waals surface area contributed by atoms with E-state index >= 15 is 0 Å². The van der Waals surface area contributed by atoms with E-state index in [4.69, 9.17) is 0 Å². The third-order valence-corrected chi connectivity index (χ3v) is 4.12. The van der Waals surface area contributed by atoms with E-state index in [9.17, 15) is 14.9 Å². The molecular formula is C16H25ClN4O3. The lowest BCUT2D eigenvalue weighted by atomic mass is 9.98. The molecule has 1 atom stereocenters. The van der Waals surface area contributed by atoms with Gasteiger partial charge < -0.3 is 15.5 Å². The lowest BCUT2D eigenvalue weighted by molar-refractivity contribution is -0.384. The first-order chi connectivity index (χ1) is 11.1. The minimum atomic E-state index is -0.420. The number of para-hydroxylation sites is 2. The second kappa shape index (κ2) is 10.1. The Bertz CT molecular complexity index is 554. The van der Waals surface area contributed by atoms with E-state index in [0.29, 0.717) is 24.6 Å². The third-order valence-electron chi connectivity index (χ3n) is 4.12. The number of nitrogens with one attached hydrogen (secondary N) is 2. The van der Waals surface area contributed by atoms with E-state index in [1.807, 2.05) is 11.9 Å². The predicted molar refractivity (Wildman–Crippen MR) is 96.7 cm³/mol. The zero-order valence-electron chi connectivity index (χ0n) is 13.9. The Morgan fingerprint density at radius 1 is 1.42 bits per heavy atom. The number of benzene rings is 1. The van der Waals surface area contributed by atoms with Crippen molar-refractivity contribution in [3.05, 3.63) is 34.4 Å². The molecule has 24 heavy (non-hydrogen) atoms. The van der Waals surface area contributed by atoms with E-state index in [0.717, 1.165) is 32.5 Å². The molecule has 0 aliphatic carbocycles. The lowest BCUT2D eigenvalue weighted by Crippen LogP contribution is -2.42. The lowest BCUT2D eigenvalue weighted by Gasteiger charge is -2.32. The highest BCUT2D eigenvalue weighted by molar-refractivity contribution is 5.85. The maximum atomic E-state index is 12.3. The number of carbonyl (C=O) groups is 1. The number of nitro benzene ring substituents is 1. The number of hydrogen-bond acceptors (Lipinski definition) is 5. The Morgan fingerprint density at radius 3 is 2.88 bits per heavy atom. The molecule has 1 fully saturated rings. The van der Waals surface area contributed by atoms with Gasteiger partial charge in [-0.2, -0.15) is 0 Å². The van der Waals surface area contributed by atoms with E-state index in [1.54, 1.807) is 18.2 Å². The molecule has 2 rings (SSSR count). The number of nitro groups is 1. The summed E-state index contributed by atoms with van der Waals surface area (Å²) in [5.41, 5.74) is 0.490. The van der Waals surface area contributed by atoms with Crippen LogP contribution in [0, 0.1) is 16.0 Å². The number of likely N-dealkylation sites (tertiary alicyclic amines) is 1. The van der Waals surface area contributed by atoms with Gasteiger partial charge in [0.15, 0.2) is 0 Å². The Labute approximate surface area is 148 Å². The molecule has 0 spiro atoms. The van der Waals surface area contributed by atoms with Gasteiger partial charge in [-0.05, 0) is 38.4 Å². The molecular weight excluding hydrogens is 332 g/mol. The largest absolute Gasteiger partial charge is 0.379 e. The van der Waals surface area contributed by atoms with E-state index in [2.05, 4.69) is 10.6 Å².